The number of aldehydes is 1. The van der Waals surface area contributed by atoms with Gasteiger partial charge < -0.3 is 10.6 Å². The molecule has 2 aromatic heterocycles. The van der Waals surface area contributed by atoms with Crippen molar-refractivity contribution in [2.45, 2.75) is 32.7 Å². The molecule has 2 N–H and O–H groups in total. The second kappa shape index (κ2) is 9.43. The Morgan fingerprint density at radius 2 is 1.75 bits per heavy atom. The minimum Gasteiger partial charge on any atom is -0.349 e. The first-order valence-electron chi connectivity index (χ1n) is 10.8. The molecule has 4 aromatic rings. The van der Waals surface area contributed by atoms with Gasteiger partial charge in [-0.25, -0.2) is 4.52 Å². The first-order valence-corrected chi connectivity index (χ1v) is 10.8. The smallest absolute Gasteiger partial charge is 0.251 e. The number of benzene rings is 2. The number of pyridine rings is 1. The maximum atomic E-state index is 12.1. The van der Waals surface area contributed by atoms with E-state index in [-0.39, 0.29) is 5.91 Å². The monoisotopic (exact) mass is 427 g/mol. The summed E-state index contributed by atoms with van der Waals surface area (Å²) in [5.41, 5.74) is 4.64. The third-order valence-corrected chi connectivity index (χ3v) is 5.04. The van der Waals surface area contributed by atoms with Crippen molar-refractivity contribution in [1.82, 2.24) is 19.9 Å². The average Bonchev–Trinajstić information content (AvgIpc) is 3.56. The summed E-state index contributed by atoms with van der Waals surface area (Å²) in [7, 11) is 0. The van der Waals surface area contributed by atoms with Crippen LogP contribution in [-0.2, 0) is 0 Å². The van der Waals surface area contributed by atoms with E-state index in [1.165, 1.54) is 0 Å². The quantitative estimate of drug-likeness (QED) is 0.429. The van der Waals surface area contributed by atoms with Crippen molar-refractivity contribution < 1.29 is 9.59 Å². The highest BCUT2D eigenvalue weighted by atomic mass is 16.1. The zero-order chi connectivity index (χ0) is 22.5. The van der Waals surface area contributed by atoms with Crippen LogP contribution in [0.1, 0.15) is 47.4 Å². The maximum absolute atomic E-state index is 12.1. The number of aromatic nitrogens is 3. The van der Waals surface area contributed by atoms with Gasteiger partial charge in [0, 0.05) is 34.6 Å². The van der Waals surface area contributed by atoms with Gasteiger partial charge in [-0.05, 0) is 54.8 Å². The minimum absolute atomic E-state index is 0.0415. The second-order valence-corrected chi connectivity index (χ2v) is 7.32. The standard InChI is InChI=1S/C23H19N5O2.C2H6/c29-14-15-3-5-16(6-4-15)20-2-1-13-28-21(20)26-23(27-28)25-19-9-7-17(8-10-19)22(30)24-18-11-12-18;1-2/h1-10,13-14,18H,11-12H2,(H,24,30)(H,25,27);1-2H3. The van der Waals surface area contributed by atoms with E-state index in [0.717, 1.165) is 35.9 Å². The molecule has 1 saturated carbocycles. The van der Waals surface area contributed by atoms with Gasteiger partial charge in [0.05, 0.1) is 0 Å². The molecule has 0 saturated heterocycles. The minimum atomic E-state index is -0.0415. The molecule has 1 amide bonds. The normalized spacial score (nSPS) is 12.6. The highest BCUT2D eigenvalue weighted by molar-refractivity contribution is 5.95. The van der Waals surface area contributed by atoms with E-state index in [0.29, 0.717) is 28.8 Å². The van der Waals surface area contributed by atoms with Crippen molar-refractivity contribution in [3.8, 4) is 11.1 Å². The number of carbonyl (C=O) groups is 2. The fourth-order valence-electron chi connectivity index (χ4n) is 3.26. The molecule has 0 atom stereocenters. The Hall–Kier alpha value is -4.00. The Bertz CT molecular complexity index is 1230. The van der Waals surface area contributed by atoms with E-state index in [1.807, 2.05) is 56.4 Å². The fourth-order valence-corrected chi connectivity index (χ4v) is 3.26. The lowest BCUT2D eigenvalue weighted by molar-refractivity contribution is 0.0950. The van der Waals surface area contributed by atoms with Crippen LogP contribution in [0.25, 0.3) is 16.8 Å². The number of fused-ring (bicyclic) bond motifs is 1. The zero-order valence-electron chi connectivity index (χ0n) is 18.1. The predicted octanol–water partition coefficient (Wildman–Crippen LogP) is 4.87. The molecule has 0 aliphatic heterocycles. The first-order chi connectivity index (χ1) is 15.7. The third kappa shape index (κ3) is 4.67. The van der Waals surface area contributed by atoms with E-state index in [1.54, 1.807) is 28.8 Å². The molecule has 0 radical (unpaired) electrons. The van der Waals surface area contributed by atoms with Gasteiger partial charge in [-0.15, -0.1) is 5.10 Å². The van der Waals surface area contributed by atoms with Crippen LogP contribution in [0.3, 0.4) is 0 Å². The third-order valence-electron chi connectivity index (χ3n) is 5.04. The molecule has 2 heterocycles. The van der Waals surface area contributed by atoms with Gasteiger partial charge in [0.1, 0.15) is 6.29 Å². The Balaban J connectivity index is 0.00000119. The predicted molar refractivity (Wildman–Crippen MR) is 125 cm³/mol. The Morgan fingerprint density at radius 1 is 1.03 bits per heavy atom. The summed E-state index contributed by atoms with van der Waals surface area (Å²) in [6.45, 7) is 4.00. The molecule has 7 nitrogen and oxygen atoms in total. The summed E-state index contributed by atoms with van der Waals surface area (Å²) in [6, 6.07) is 18.8. The first kappa shape index (κ1) is 21.2. The Morgan fingerprint density at radius 3 is 2.41 bits per heavy atom. The van der Waals surface area contributed by atoms with Crippen LogP contribution in [0.5, 0.6) is 0 Å². The molecule has 0 bridgehead atoms. The molecule has 162 valence electrons. The van der Waals surface area contributed by atoms with Crippen LogP contribution in [0.4, 0.5) is 11.6 Å². The van der Waals surface area contributed by atoms with E-state index in [2.05, 4.69) is 20.7 Å². The number of hydrogen-bond acceptors (Lipinski definition) is 5. The van der Waals surface area contributed by atoms with Crippen LogP contribution in [0, 0.1) is 0 Å². The zero-order valence-corrected chi connectivity index (χ0v) is 18.1. The molecular formula is C25H25N5O2. The van der Waals surface area contributed by atoms with Gasteiger partial charge in [-0.3, -0.25) is 9.59 Å². The fraction of sp³-hybridized carbons (Fsp3) is 0.200. The Labute approximate surface area is 186 Å². The maximum Gasteiger partial charge on any atom is 0.251 e. The number of nitrogens with zero attached hydrogens (tertiary/aromatic N) is 3. The number of anilines is 2. The van der Waals surface area contributed by atoms with Gasteiger partial charge >= 0.3 is 0 Å². The second-order valence-electron chi connectivity index (χ2n) is 7.32. The molecule has 7 heteroatoms. The van der Waals surface area contributed by atoms with Crippen molar-refractivity contribution in [3.05, 3.63) is 78.0 Å². The summed E-state index contributed by atoms with van der Waals surface area (Å²) in [5.74, 6) is 0.419. The highest BCUT2D eigenvalue weighted by Gasteiger charge is 2.23. The van der Waals surface area contributed by atoms with Crippen LogP contribution in [0.2, 0.25) is 0 Å². The molecule has 1 aliphatic rings. The summed E-state index contributed by atoms with van der Waals surface area (Å²) in [5, 5.41) is 10.7. The van der Waals surface area contributed by atoms with Crippen LogP contribution in [-0.4, -0.2) is 32.8 Å². The van der Waals surface area contributed by atoms with Gasteiger partial charge in [-0.1, -0.05) is 38.1 Å². The topological polar surface area (TPSA) is 88.4 Å². The van der Waals surface area contributed by atoms with Crippen molar-refractivity contribution in [2.75, 3.05) is 5.32 Å². The van der Waals surface area contributed by atoms with Gasteiger partial charge in [-0.2, -0.15) is 4.98 Å². The number of nitrogens with one attached hydrogen (secondary N) is 2. The van der Waals surface area contributed by atoms with Crippen molar-refractivity contribution >= 4 is 29.5 Å². The molecule has 1 fully saturated rings. The number of carbonyl (C=O) groups excluding carboxylic acids is 2. The summed E-state index contributed by atoms with van der Waals surface area (Å²) < 4.78 is 1.71. The van der Waals surface area contributed by atoms with Gasteiger partial charge in [0.15, 0.2) is 5.65 Å². The molecule has 2 aromatic carbocycles. The number of hydrogen-bond donors (Lipinski definition) is 2. The van der Waals surface area contributed by atoms with Crippen LogP contribution >= 0.6 is 0 Å². The van der Waals surface area contributed by atoms with Crippen molar-refractivity contribution in [3.63, 3.8) is 0 Å². The largest absolute Gasteiger partial charge is 0.349 e. The van der Waals surface area contributed by atoms with E-state index in [9.17, 15) is 9.59 Å². The highest BCUT2D eigenvalue weighted by Crippen LogP contribution is 2.25. The molecule has 0 unspecified atom stereocenters. The summed E-state index contributed by atoms with van der Waals surface area (Å²) >= 11 is 0. The van der Waals surface area contributed by atoms with Gasteiger partial charge in [0.2, 0.25) is 5.95 Å². The molecule has 5 rings (SSSR count). The van der Waals surface area contributed by atoms with E-state index >= 15 is 0 Å². The van der Waals surface area contributed by atoms with Crippen LogP contribution < -0.4 is 10.6 Å². The lowest BCUT2D eigenvalue weighted by Crippen LogP contribution is -2.25. The number of amides is 1. The lowest BCUT2D eigenvalue weighted by atomic mass is 10.1. The van der Waals surface area contributed by atoms with E-state index in [4.69, 9.17) is 0 Å². The SMILES string of the molecule is CC.O=Cc1ccc(-c2cccn3nc(Nc4ccc(C(=O)NC5CC5)cc4)nc23)cc1. The molecule has 0 spiro atoms. The molecule has 1 aliphatic carbocycles. The van der Waals surface area contributed by atoms with E-state index < -0.39 is 0 Å². The van der Waals surface area contributed by atoms with Crippen molar-refractivity contribution in [1.29, 1.82) is 0 Å². The average molecular weight is 428 g/mol. The Kier molecular flexibility index (Phi) is 6.26. The summed E-state index contributed by atoms with van der Waals surface area (Å²) in [4.78, 5) is 27.6. The molecule has 32 heavy (non-hydrogen) atoms. The summed E-state index contributed by atoms with van der Waals surface area (Å²) in [6.07, 6.45) is 4.79. The van der Waals surface area contributed by atoms with Crippen LogP contribution in [0.15, 0.2) is 66.9 Å². The van der Waals surface area contributed by atoms with Crippen molar-refractivity contribution in [2.24, 2.45) is 0 Å². The number of rotatable bonds is 6. The van der Waals surface area contributed by atoms with Gasteiger partial charge in [0.25, 0.3) is 5.91 Å². The molecular weight excluding hydrogens is 402 g/mol. The lowest BCUT2D eigenvalue weighted by Gasteiger charge is -2.05.